The predicted molar refractivity (Wildman–Crippen MR) is 29.4 cm³/mol. The molecule has 0 aromatic carbocycles. The SMILES string of the molecule is N[13C](=O)[13CH2][13C@@H](N)[13C](=O)O. The Balaban J connectivity index is 3.63. The molecular weight excluding hydrogens is 128 g/mol. The van der Waals surface area contributed by atoms with Gasteiger partial charge in [0, 0.05) is 0 Å². The molecule has 0 aliphatic heterocycles. The summed E-state index contributed by atoms with van der Waals surface area (Å²) < 4.78 is 0. The van der Waals surface area contributed by atoms with E-state index in [1.165, 1.54) is 0 Å². The largest absolute Gasteiger partial charge is 0.480 e. The maximum Gasteiger partial charge on any atom is 0.321 e. The first-order valence-corrected chi connectivity index (χ1v) is 2.30. The highest BCUT2D eigenvalue weighted by Gasteiger charge is 2.13. The van der Waals surface area contributed by atoms with Gasteiger partial charge in [-0.05, 0) is 0 Å². The molecule has 0 saturated carbocycles. The van der Waals surface area contributed by atoms with E-state index < -0.39 is 17.9 Å². The van der Waals surface area contributed by atoms with Gasteiger partial charge in [-0.15, -0.1) is 0 Å². The van der Waals surface area contributed by atoms with Crippen molar-refractivity contribution in [3.63, 3.8) is 0 Å². The molecule has 0 rings (SSSR count). The van der Waals surface area contributed by atoms with Gasteiger partial charge < -0.3 is 16.6 Å². The van der Waals surface area contributed by atoms with Gasteiger partial charge in [-0.1, -0.05) is 0 Å². The van der Waals surface area contributed by atoms with Crippen LogP contribution in [-0.4, -0.2) is 23.0 Å². The maximum absolute atomic E-state index is 9.99. The summed E-state index contributed by atoms with van der Waals surface area (Å²) in [4.78, 5) is 19.9. The molecular formula is C4H8N2O3. The van der Waals surface area contributed by atoms with E-state index in [0.717, 1.165) is 0 Å². The minimum Gasteiger partial charge on any atom is -0.480 e. The first-order chi connectivity index (χ1) is 4.04. The number of nitrogens with two attached hydrogens (primary N) is 2. The molecule has 5 nitrogen and oxygen atoms in total. The van der Waals surface area contributed by atoms with Crippen LogP contribution in [-0.2, 0) is 9.59 Å². The normalized spacial score (nSPS) is 12.6. The number of hydrogen-bond donors (Lipinski definition) is 3. The van der Waals surface area contributed by atoms with Crippen LogP contribution in [0.4, 0.5) is 0 Å². The third kappa shape index (κ3) is 3.48. The molecule has 5 N–H and O–H groups in total. The molecule has 0 aromatic rings. The molecule has 0 aromatic heterocycles. The summed E-state index contributed by atoms with van der Waals surface area (Å²) in [7, 11) is 0. The number of rotatable bonds is 3. The molecule has 0 fully saturated rings. The monoisotopic (exact) mass is 136 g/mol. The fourth-order valence-corrected chi connectivity index (χ4v) is 0.304. The lowest BCUT2D eigenvalue weighted by molar-refractivity contribution is -0.140. The van der Waals surface area contributed by atoms with Gasteiger partial charge in [-0.25, -0.2) is 0 Å². The molecule has 0 bridgehead atoms. The lowest BCUT2D eigenvalue weighted by Crippen LogP contribution is -2.34. The van der Waals surface area contributed by atoms with Crippen molar-refractivity contribution in [3.05, 3.63) is 0 Å². The second kappa shape index (κ2) is 3.03. The Bertz CT molecular complexity index is 134. The van der Waals surface area contributed by atoms with Crippen LogP contribution in [0.3, 0.4) is 0 Å². The Labute approximate surface area is 51.6 Å². The number of primary amides is 1. The van der Waals surface area contributed by atoms with E-state index in [1.54, 1.807) is 0 Å². The highest BCUT2D eigenvalue weighted by Crippen LogP contribution is 1.84. The van der Waals surface area contributed by atoms with Gasteiger partial charge >= 0.3 is 5.97 Å². The fourth-order valence-electron chi connectivity index (χ4n) is 0.304. The van der Waals surface area contributed by atoms with Gasteiger partial charge in [0.05, 0.1) is 6.42 Å². The summed E-state index contributed by atoms with van der Waals surface area (Å²) in [6.45, 7) is 0. The zero-order chi connectivity index (χ0) is 7.44. The molecule has 0 aliphatic carbocycles. The molecule has 1 amide bonds. The molecule has 0 saturated heterocycles. The van der Waals surface area contributed by atoms with Crippen LogP contribution in [0.25, 0.3) is 0 Å². The average molecular weight is 136 g/mol. The quantitative estimate of drug-likeness (QED) is 0.401. The molecule has 9 heavy (non-hydrogen) atoms. The zero-order valence-corrected chi connectivity index (χ0v) is 4.70. The first kappa shape index (κ1) is 7.90. The summed E-state index contributed by atoms with van der Waals surface area (Å²) >= 11 is 0. The Morgan fingerprint density at radius 3 is 2.11 bits per heavy atom. The van der Waals surface area contributed by atoms with Crippen molar-refractivity contribution in [1.29, 1.82) is 0 Å². The lowest BCUT2D eigenvalue weighted by atomic mass is 11.1. The molecule has 0 spiro atoms. The van der Waals surface area contributed by atoms with Crippen LogP contribution >= 0.6 is 0 Å². The van der Waals surface area contributed by atoms with Crippen LogP contribution in [0.15, 0.2) is 0 Å². The van der Waals surface area contributed by atoms with Crippen molar-refractivity contribution in [2.24, 2.45) is 11.5 Å². The highest BCUT2D eigenvalue weighted by atomic mass is 16.5. The molecule has 0 heterocycles. The van der Waals surface area contributed by atoms with E-state index in [4.69, 9.17) is 10.8 Å². The van der Waals surface area contributed by atoms with Crippen LogP contribution in [0, 0.1) is 0 Å². The Morgan fingerprint density at radius 1 is 1.56 bits per heavy atom. The standard InChI is InChI=1S/C4H8N2O3/c5-2(4(8)9)1-3(6)7/h2H,1,5H2,(H2,6,7)(H,8,9)/t2-/m1/s1/i1+1,2+1,3+1,4+1. The summed E-state index contributed by atoms with van der Waals surface area (Å²) in [6.07, 6.45) is -0.310. The number of hydrogen-bond acceptors (Lipinski definition) is 3. The van der Waals surface area contributed by atoms with Gasteiger partial charge in [0.2, 0.25) is 5.91 Å². The van der Waals surface area contributed by atoms with E-state index in [9.17, 15) is 9.59 Å². The Morgan fingerprint density at radius 2 is 2.00 bits per heavy atom. The van der Waals surface area contributed by atoms with Crippen LogP contribution < -0.4 is 11.5 Å². The van der Waals surface area contributed by atoms with Crippen molar-refractivity contribution in [2.75, 3.05) is 0 Å². The number of aliphatic carboxylic acids is 1. The molecule has 1 atom stereocenters. The third-order valence-corrected chi connectivity index (χ3v) is 0.738. The molecule has 0 aliphatic rings. The molecule has 0 radical (unpaired) electrons. The molecule has 52 valence electrons. The summed E-state index contributed by atoms with van der Waals surface area (Å²) in [5, 5.41) is 8.10. The van der Waals surface area contributed by atoms with E-state index in [2.05, 4.69) is 5.73 Å². The number of carboxylic acids is 1. The van der Waals surface area contributed by atoms with Crippen molar-refractivity contribution in [3.8, 4) is 0 Å². The van der Waals surface area contributed by atoms with Crippen molar-refractivity contribution in [1.82, 2.24) is 0 Å². The van der Waals surface area contributed by atoms with E-state index in [0.29, 0.717) is 0 Å². The van der Waals surface area contributed by atoms with Gasteiger partial charge in [-0.3, -0.25) is 9.59 Å². The van der Waals surface area contributed by atoms with E-state index in [-0.39, 0.29) is 6.42 Å². The minimum absolute atomic E-state index is 0.310. The van der Waals surface area contributed by atoms with E-state index in [1.807, 2.05) is 0 Å². The average Bonchev–Trinajstić information content (AvgIpc) is 1.63. The second-order valence-corrected chi connectivity index (χ2v) is 1.62. The number of carbonyl (C=O) groups is 2. The topological polar surface area (TPSA) is 106 Å². The zero-order valence-electron chi connectivity index (χ0n) is 4.70. The Kier molecular flexibility index (Phi) is 2.66. The number of amides is 1. The molecule has 5 heteroatoms. The Hall–Kier alpha value is -1.10. The summed E-state index contributed by atoms with van der Waals surface area (Å²) in [5.41, 5.74) is 9.57. The van der Waals surface area contributed by atoms with Gasteiger partial charge in [0.1, 0.15) is 6.04 Å². The fraction of sp³-hybridized carbons (Fsp3) is 0.500. The minimum atomic E-state index is -1.21. The van der Waals surface area contributed by atoms with Crippen molar-refractivity contribution in [2.45, 2.75) is 12.5 Å². The summed E-state index contributed by atoms with van der Waals surface area (Å²) in [6, 6.07) is -1.16. The van der Waals surface area contributed by atoms with Crippen molar-refractivity contribution >= 4 is 11.9 Å². The summed E-state index contributed by atoms with van der Waals surface area (Å²) in [5.74, 6) is -1.92. The predicted octanol–water partition coefficient (Wildman–Crippen LogP) is -1.73. The van der Waals surface area contributed by atoms with Gasteiger partial charge in [-0.2, -0.15) is 0 Å². The van der Waals surface area contributed by atoms with Crippen molar-refractivity contribution < 1.29 is 14.7 Å². The second-order valence-electron chi connectivity index (χ2n) is 1.62. The number of carboxylic acid groups (broad SMARTS) is 1. The highest BCUT2D eigenvalue weighted by molar-refractivity contribution is 5.82. The van der Waals surface area contributed by atoms with Crippen LogP contribution in [0.1, 0.15) is 6.42 Å². The lowest BCUT2D eigenvalue weighted by Gasteiger charge is -1.99. The maximum atomic E-state index is 9.99. The molecule has 0 unspecified atom stereocenters. The number of carbonyl (C=O) groups excluding carboxylic acids is 1. The smallest absolute Gasteiger partial charge is 0.321 e. The van der Waals surface area contributed by atoms with Crippen LogP contribution in [0.5, 0.6) is 0 Å². The van der Waals surface area contributed by atoms with Gasteiger partial charge in [0.25, 0.3) is 0 Å². The van der Waals surface area contributed by atoms with Gasteiger partial charge in [0.15, 0.2) is 0 Å². The van der Waals surface area contributed by atoms with Crippen LogP contribution in [0.2, 0.25) is 0 Å². The first-order valence-electron chi connectivity index (χ1n) is 2.30. The third-order valence-electron chi connectivity index (χ3n) is 0.738. The van der Waals surface area contributed by atoms with E-state index >= 15 is 0 Å².